The highest BCUT2D eigenvalue weighted by atomic mass is 16.5. The summed E-state index contributed by atoms with van der Waals surface area (Å²) < 4.78 is 5.23. The van der Waals surface area contributed by atoms with Crippen LogP contribution in [0.4, 0.5) is 0 Å². The van der Waals surface area contributed by atoms with Gasteiger partial charge in [0.2, 0.25) is 0 Å². The number of rotatable bonds is 3. The van der Waals surface area contributed by atoms with Crippen LogP contribution in [0, 0.1) is 5.41 Å². The molecule has 2 heterocycles. The molecule has 0 bridgehead atoms. The van der Waals surface area contributed by atoms with Gasteiger partial charge < -0.3 is 15.4 Å². The van der Waals surface area contributed by atoms with Gasteiger partial charge in [0.1, 0.15) is 0 Å². The summed E-state index contributed by atoms with van der Waals surface area (Å²) in [5, 5.41) is 0. The van der Waals surface area contributed by atoms with Gasteiger partial charge in [0.15, 0.2) is 0 Å². The second kappa shape index (κ2) is 5.69. The standard InChI is InChI=1S/C9H18N2O.C2H6.H2/c10-5-9(7-12-8-9)6-11-3-1-2-4-11;1-2;/h1-8,10H2;1-2H3;1H. The molecule has 0 unspecified atom stereocenters. The van der Waals surface area contributed by atoms with E-state index in [1.54, 1.807) is 0 Å². The lowest BCUT2D eigenvalue weighted by atomic mass is 9.85. The molecule has 0 radical (unpaired) electrons. The number of nitrogens with two attached hydrogens (primary N) is 1. The third-order valence-corrected chi connectivity index (χ3v) is 3.01. The first-order valence-electron chi connectivity index (χ1n) is 5.85. The Bertz CT molecular complexity index is 151. The van der Waals surface area contributed by atoms with Crippen LogP contribution in [-0.4, -0.2) is 44.3 Å². The highest BCUT2D eigenvalue weighted by Gasteiger charge is 2.39. The van der Waals surface area contributed by atoms with E-state index in [2.05, 4.69) is 4.90 Å². The van der Waals surface area contributed by atoms with Gasteiger partial charge in [0.05, 0.1) is 13.2 Å². The normalized spacial score (nSPS) is 25.1. The third-order valence-electron chi connectivity index (χ3n) is 3.01. The minimum absolute atomic E-state index is 0. The molecule has 2 N–H and O–H groups in total. The first kappa shape index (κ1) is 12.0. The minimum Gasteiger partial charge on any atom is -0.380 e. The van der Waals surface area contributed by atoms with Gasteiger partial charge in [-0.15, -0.1) is 0 Å². The predicted octanol–water partition coefficient (Wildman–Crippen LogP) is 1.33. The number of ether oxygens (including phenoxy) is 1. The van der Waals surface area contributed by atoms with E-state index >= 15 is 0 Å². The van der Waals surface area contributed by atoms with Crippen molar-refractivity contribution in [1.82, 2.24) is 4.90 Å². The molecule has 3 heteroatoms. The van der Waals surface area contributed by atoms with Crippen LogP contribution < -0.4 is 5.73 Å². The van der Waals surface area contributed by atoms with Crippen molar-refractivity contribution in [3.63, 3.8) is 0 Å². The number of likely N-dealkylation sites (tertiary alicyclic amines) is 1. The zero-order valence-electron chi connectivity index (χ0n) is 9.59. The Kier molecular flexibility index (Phi) is 4.85. The summed E-state index contributed by atoms with van der Waals surface area (Å²) in [5.41, 5.74) is 6.05. The van der Waals surface area contributed by atoms with Crippen molar-refractivity contribution in [2.75, 3.05) is 39.4 Å². The van der Waals surface area contributed by atoms with Crippen LogP contribution in [0.5, 0.6) is 0 Å². The molecule has 0 saturated carbocycles. The molecule has 0 aromatic rings. The molecule has 2 rings (SSSR count). The van der Waals surface area contributed by atoms with E-state index in [-0.39, 0.29) is 1.43 Å². The molecule has 2 saturated heterocycles. The van der Waals surface area contributed by atoms with Gasteiger partial charge in [-0.25, -0.2) is 0 Å². The largest absolute Gasteiger partial charge is 0.380 e. The summed E-state index contributed by atoms with van der Waals surface area (Å²) in [6, 6.07) is 0. The first-order chi connectivity index (χ1) is 6.85. The van der Waals surface area contributed by atoms with Gasteiger partial charge in [-0.1, -0.05) is 13.8 Å². The lowest BCUT2D eigenvalue weighted by molar-refractivity contribution is -0.118. The maximum absolute atomic E-state index is 5.74. The van der Waals surface area contributed by atoms with Crippen LogP contribution in [0.1, 0.15) is 28.1 Å². The predicted molar refractivity (Wildman–Crippen MR) is 61.4 cm³/mol. The lowest BCUT2D eigenvalue weighted by Gasteiger charge is -2.42. The molecular weight excluding hydrogens is 176 g/mol. The molecular formula is C11H26N2O. The highest BCUT2D eigenvalue weighted by Crippen LogP contribution is 2.28. The minimum atomic E-state index is 0. The monoisotopic (exact) mass is 202 g/mol. The number of hydrogen-bond donors (Lipinski definition) is 1. The molecule has 0 spiro atoms. The van der Waals surface area contributed by atoms with Crippen LogP contribution in [0.15, 0.2) is 0 Å². The molecule has 0 aromatic heterocycles. The van der Waals surface area contributed by atoms with E-state index in [9.17, 15) is 0 Å². The van der Waals surface area contributed by atoms with E-state index < -0.39 is 0 Å². The van der Waals surface area contributed by atoms with Crippen LogP contribution in [0.2, 0.25) is 0 Å². The first-order valence-corrected chi connectivity index (χ1v) is 5.85. The SMILES string of the molecule is CC.NCC1(CN2CCCC2)COC1.[HH]. The van der Waals surface area contributed by atoms with Gasteiger partial charge in [-0.05, 0) is 25.9 Å². The zero-order valence-corrected chi connectivity index (χ0v) is 9.59. The van der Waals surface area contributed by atoms with E-state index in [1.807, 2.05) is 13.8 Å². The topological polar surface area (TPSA) is 38.5 Å². The smallest absolute Gasteiger partial charge is 0.0569 e. The van der Waals surface area contributed by atoms with Crippen molar-refractivity contribution < 1.29 is 6.16 Å². The van der Waals surface area contributed by atoms with E-state index in [0.717, 1.165) is 26.3 Å². The third kappa shape index (κ3) is 2.69. The Hall–Kier alpha value is -0.120. The summed E-state index contributed by atoms with van der Waals surface area (Å²) in [7, 11) is 0. The zero-order chi connectivity index (χ0) is 10.4. The van der Waals surface area contributed by atoms with Crippen molar-refractivity contribution in [3.05, 3.63) is 0 Å². The van der Waals surface area contributed by atoms with Gasteiger partial charge in [0, 0.05) is 19.9 Å². The van der Waals surface area contributed by atoms with Gasteiger partial charge >= 0.3 is 0 Å². The lowest BCUT2D eigenvalue weighted by Crippen LogP contribution is -2.54. The summed E-state index contributed by atoms with van der Waals surface area (Å²) in [6.45, 7) is 10.2. The molecule has 2 aliphatic heterocycles. The Labute approximate surface area is 89.1 Å². The molecule has 0 aromatic carbocycles. The quantitative estimate of drug-likeness (QED) is 0.750. The number of nitrogens with zero attached hydrogens (tertiary/aromatic N) is 1. The maximum atomic E-state index is 5.74. The fourth-order valence-corrected chi connectivity index (χ4v) is 2.08. The molecule has 0 aliphatic carbocycles. The molecule has 0 amide bonds. The average molecular weight is 202 g/mol. The molecule has 2 aliphatic rings. The maximum Gasteiger partial charge on any atom is 0.0569 e. The molecule has 86 valence electrons. The van der Waals surface area contributed by atoms with Gasteiger partial charge in [-0.2, -0.15) is 0 Å². The second-order valence-corrected chi connectivity index (χ2v) is 4.18. The van der Waals surface area contributed by atoms with Crippen LogP contribution >= 0.6 is 0 Å². The van der Waals surface area contributed by atoms with Crippen LogP contribution in [0.3, 0.4) is 0 Å². The van der Waals surface area contributed by atoms with Gasteiger partial charge in [0.25, 0.3) is 0 Å². The molecule has 3 nitrogen and oxygen atoms in total. The fraction of sp³-hybridized carbons (Fsp3) is 1.00. The molecule has 0 atom stereocenters. The van der Waals surface area contributed by atoms with E-state index in [4.69, 9.17) is 10.5 Å². The highest BCUT2D eigenvalue weighted by molar-refractivity contribution is 4.90. The molecule has 2 fully saturated rings. The van der Waals surface area contributed by atoms with Crippen molar-refractivity contribution in [2.24, 2.45) is 11.1 Å². The Morgan fingerprint density at radius 2 is 1.86 bits per heavy atom. The Morgan fingerprint density at radius 1 is 1.29 bits per heavy atom. The van der Waals surface area contributed by atoms with Gasteiger partial charge in [-0.3, -0.25) is 0 Å². The summed E-state index contributed by atoms with van der Waals surface area (Å²) in [4.78, 5) is 2.52. The van der Waals surface area contributed by atoms with Crippen molar-refractivity contribution in [3.8, 4) is 0 Å². The van der Waals surface area contributed by atoms with Crippen LogP contribution in [-0.2, 0) is 4.74 Å². The summed E-state index contributed by atoms with van der Waals surface area (Å²) >= 11 is 0. The van der Waals surface area contributed by atoms with E-state index in [0.29, 0.717) is 5.41 Å². The Balaban J connectivity index is 0.000000617. The number of hydrogen-bond acceptors (Lipinski definition) is 3. The van der Waals surface area contributed by atoms with E-state index in [1.165, 1.54) is 25.9 Å². The Morgan fingerprint density at radius 3 is 2.21 bits per heavy atom. The average Bonchev–Trinajstić information content (AvgIpc) is 2.67. The van der Waals surface area contributed by atoms with Crippen molar-refractivity contribution in [2.45, 2.75) is 26.7 Å². The fourth-order valence-electron chi connectivity index (χ4n) is 2.08. The molecule has 14 heavy (non-hydrogen) atoms. The van der Waals surface area contributed by atoms with Crippen LogP contribution in [0.25, 0.3) is 0 Å². The second-order valence-electron chi connectivity index (χ2n) is 4.18. The summed E-state index contributed by atoms with van der Waals surface area (Å²) in [5.74, 6) is 0. The van der Waals surface area contributed by atoms with Crippen molar-refractivity contribution in [1.29, 1.82) is 0 Å². The van der Waals surface area contributed by atoms with Crippen molar-refractivity contribution >= 4 is 0 Å². The summed E-state index contributed by atoms with van der Waals surface area (Å²) in [6.07, 6.45) is 2.73.